The minimum absolute atomic E-state index is 0.223. The minimum atomic E-state index is -0.460. The van der Waals surface area contributed by atoms with E-state index >= 15 is 0 Å². The van der Waals surface area contributed by atoms with Gasteiger partial charge in [-0.2, -0.15) is 0 Å². The summed E-state index contributed by atoms with van der Waals surface area (Å²) in [6, 6.07) is 0. The normalized spacial score (nSPS) is 9.83. The number of imidazole rings is 1. The molecular weight excluding hydrogens is 158 g/mol. The van der Waals surface area contributed by atoms with Crippen LogP contribution in [0.15, 0.2) is 6.20 Å². The van der Waals surface area contributed by atoms with Gasteiger partial charge in [0.05, 0.1) is 7.11 Å². The third kappa shape index (κ3) is 1.82. The first kappa shape index (κ1) is 8.73. The number of hydrogen-bond donors (Lipinski definition) is 2. The fourth-order valence-electron chi connectivity index (χ4n) is 0.842. The summed E-state index contributed by atoms with van der Waals surface area (Å²) in [6.45, 7) is 0.531. The van der Waals surface area contributed by atoms with Crippen LogP contribution in [-0.4, -0.2) is 29.6 Å². The summed E-state index contributed by atoms with van der Waals surface area (Å²) < 4.78 is 4.46. The second-order valence-electron chi connectivity index (χ2n) is 2.29. The molecule has 12 heavy (non-hydrogen) atoms. The van der Waals surface area contributed by atoms with Gasteiger partial charge in [-0.05, 0) is 6.54 Å². The van der Waals surface area contributed by atoms with Crippen LogP contribution >= 0.6 is 0 Å². The number of carbonyl (C=O) groups is 1. The molecule has 0 atom stereocenters. The molecule has 0 spiro atoms. The average molecular weight is 169 g/mol. The lowest BCUT2D eigenvalue weighted by Gasteiger charge is -1.92. The van der Waals surface area contributed by atoms with E-state index in [2.05, 4.69) is 14.7 Å². The van der Waals surface area contributed by atoms with Crippen molar-refractivity contribution >= 4 is 5.97 Å². The van der Waals surface area contributed by atoms with E-state index in [9.17, 15) is 4.79 Å². The molecule has 3 N–H and O–H groups in total. The van der Waals surface area contributed by atoms with Gasteiger partial charge in [0.1, 0.15) is 0 Å². The number of rotatable bonds is 3. The number of esters is 1. The van der Waals surface area contributed by atoms with E-state index in [4.69, 9.17) is 5.73 Å². The van der Waals surface area contributed by atoms with Gasteiger partial charge in [-0.15, -0.1) is 0 Å². The first-order valence-corrected chi connectivity index (χ1v) is 3.60. The minimum Gasteiger partial charge on any atom is -0.463 e. The first-order chi connectivity index (χ1) is 5.77. The molecule has 1 aromatic heterocycles. The molecule has 0 amide bonds. The molecule has 0 fully saturated rings. The summed E-state index contributed by atoms with van der Waals surface area (Å²) in [5.74, 6) is -0.237. The maximum absolute atomic E-state index is 10.9. The zero-order valence-electron chi connectivity index (χ0n) is 6.83. The van der Waals surface area contributed by atoms with Crippen molar-refractivity contribution in [2.24, 2.45) is 5.73 Å². The fourth-order valence-corrected chi connectivity index (χ4v) is 0.842. The molecule has 1 aromatic rings. The molecule has 0 bridgehead atoms. The monoisotopic (exact) mass is 169 g/mol. The van der Waals surface area contributed by atoms with Crippen LogP contribution in [0.5, 0.6) is 0 Å². The van der Waals surface area contributed by atoms with Gasteiger partial charge in [-0.25, -0.2) is 9.78 Å². The number of carbonyl (C=O) groups excluding carboxylic acids is 1. The summed E-state index contributed by atoms with van der Waals surface area (Å²) in [4.78, 5) is 17.5. The fraction of sp³-hybridized carbons (Fsp3) is 0.429. The molecule has 0 unspecified atom stereocenters. The topological polar surface area (TPSA) is 81.0 Å². The highest BCUT2D eigenvalue weighted by atomic mass is 16.5. The summed E-state index contributed by atoms with van der Waals surface area (Å²) in [7, 11) is 1.31. The Labute approximate surface area is 69.9 Å². The van der Waals surface area contributed by atoms with Crippen molar-refractivity contribution in [1.82, 2.24) is 9.97 Å². The Kier molecular flexibility index (Phi) is 2.82. The van der Waals surface area contributed by atoms with E-state index in [1.165, 1.54) is 7.11 Å². The smallest absolute Gasteiger partial charge is 0.374 e. The summed E-state index contributed by atoms with van der Waals surface area (Å²) >= 11 is 0. The Bertz CT molecular complexity index is 269. The number of aromatic nitrogens is 2. The Morgan fingerprint density at radius 3 is 3.17 bits per heavy atom. The van der Waals surface area contributed by atoms with Crippen LogP contribution in [0.25, 0.3) is 0 Å². The maximum Gasteiger partial charge on any atom is 0.374 e. The van der Waals surface area contributed by atoms with Crippen LogP contribution in [0.2, 0.25) is 0 Å². The molecule has 0 saturated carbocycles. The second kappa shape index (κ2) is 3.87. The van der Waals surface area contributed by atoms with Crippen LogP contribution in [-0.2, 0) is 11.2 Å². The van der Waals surface area contributed by atoms with Gasteiger partial charge in [0.2, 0.25) is 5.82 Å². The molecule has 66 valence electrons. The van der Waals surface area contributed by atoms with Gasteiger partial charge in [0.25, 0.3) is 0 Å². The van der Waals surface area contributed by atoms with Gasteiger partial charge >= 0.3 is 5.97 Å². The van der Waals surface area contributed by atoms with Crippen molar-refractivity contribution in [3.05, 3.63) is 17.7 Å². The van der Waals surface area contributed by atoms with Crippen molar-refractivity contribution in [2.75, 3.05) is 13.7 Å². The Morgan fingerprint density at radius 1 is 1.83 bits per heavy atom. The Hall–Kier alpha value is -1.36. The van der Waals surface area contributed by atoms with Gasteiger partial charge in [0.15, 0.2) is 0 Å². The third-order valence-electron chi connectivity index (χ3n) is 1.42. The number of nitrogens with one attached hydrogen (secondary N) is 1. The van der Waals surface area contributed by atoms with Gasteiger partial charge in [-0.1, -0.05) is 0 Å². The highest BCUT2D eigenvalue weighted by Crippen LogP contribution is 1.98. The van der Waals surface area contributed by atoms with E-state index in [0.717, 1.165) is 5.69 Å². The highest BCUT2D eigenvalue weighted by molar-refractivity contribution is 5.85. The zero-order valence-corrected chi connectivity index (χ0v) is 6.83. The van der Waals surface area contributed by atoms with E-state index in [0.29, 0.717) is 13.0 Å². The van der Waals surface area contributed by atoms with Crippen LogP contribution in [0, 0.1) is 0 Å². The molecule has 0 aliphatic rings. The van der Waals surface area contributed by atoms with Crippen molar-refractivity contribution in [3.63, 3.8) is 0 Å². The molecule has 0 aliphatic heterocycles. The molecule has 0 saturated heterocycles. The van der Waals surface area contributed by atoms with E-state index in [-0.39, 0.29) is 5.82 Å². The molecule has 0 aromatic carbocycles. The number of ether oxygens (including phenoxy) is 1. The van der Waals surface area contributed by atoms with Crippen LogP contribution < -0.4 is 5.73 Å². The van der Waals surface area contributed by atoms with Gasteiger partial charge in [-0.3, -0.25) is 0 Å². The van der Waals surface area contributed by atoms with E-state index in [1.807, 2.05) is 0 Å². The number of nitrogens with two attached hydrogens (primary N) is 1. The van der Waals surface area contributed by atoms with Crippen LogP contribution in [0.4, 0.5) is 0 Å². The summed E-state index contributed by atoms with van der Waals surface area (Å²) in [6.07, 6.45) is 2.27. The Morgan fingerprint density at radius 2 is 2.58 bits per heavy atom. The van der Waals surface area contributed by atoms with Crippen molar-refractivity contribution in [1.29, 1.82) is 0 Å². The number of hydrogen-bond acceptors (Lipinski definition) is 4. The van der Waals surface area contributed by atoms with E-state index < -0.39 is 5.97 Å². The number of nitrogens with zero attached hydrogens (tertiary/aromatic N) is 1. The molecule has 5 heteroatoms. The largest absolute Gasteiger partial charge is 0.463 e. The predicted molar refractivity (Wildman–Crippen MR) is 42.7 cm³/mol. The number of methoxy groups -OCH3 is 1. The molecule has 0 aliphatic carbocycles. The van der Waals surface area contributed by atoms with E-state index in [1.54, 1.807) is 6.20 Å². The van der Waals surface area contributed by atoms with Crippen LogP contribution in [0.3, 0.4) is 0 Å². The SMILES string of the molecule is COC(=O)c1ncc(CCN)[nH]1. The first-order valence-electron chi connectivity index (χ1n) is 3.60. The molecular formula is C7H11N3O2. The molecule has 0 radical (unpaired) electrons. The molecule has 1 rings (SSSR count). The highest BCUT2D eigenvalue weighted by Gasteiger charge is 2.08. The van der Waals surface area contributed by atoms with Gasteiger partial charge < -0.3 is 15.5 Å². The quantitative estimate of drug-likeness (QED) is 0.608. The van der Waals surface area contributed by atoms with Gasteiger partial charge in [0, 0.05) is 18.3 Å². The number of H-pyrrole nitrogens is 1. The lowest BCUT2D eigenvalue weighted by molar-refractivity contribution is 0.0588. The van der Waals surface area contributed by atoms with Crippen LogP contribution in [0.1, 0.15) is 16.3 Å². The summed E-state index contributed by atoms with van der Waals surface area (Å²) in [5.41, 5.74) is 6.16. The lowest BCUT2D eigenvalue weighted by atomic mass is 10.3. The Balaban J connectivity index is 2.70. The zero-order chi connectivity index (χ0) is 8.97. The van der Waals surface area contributed by atoms with Crippen molar-refractivity contribution in [3.8, 4) is 0 Å². The summed E-state index contributed by atoms with van der Waals surface area (Å²) in [5, 5.41) is 0. The van der Waals surface area contributed by atoms with Crippen molar-refractivity contribution < 1.29 is 9.53 Å². The number of aromatic amines is 1. The molecule has 5 nitrogen and oxygen atoms in total. The van der Waals surface area contributed by atoms with Crippen molar-refractivity contribution in [2.45, 2.75) is 6.42 Å². The second-order valence-corrected chi connectivity index (χ2v) is 2.29. The molecule has 1 heterocycles. The lowest BCUT2D eigenvalue weighted by Crippen LogP contribution is -2.05. The maximum atomic E-state index is 10.9. The predicted octanol–water partition coefficient (Wildman–Crippen LogP) is -0.303. The standard InChI is InChI=1S/C7H11N3O2/c1-12-7(11)6-9-4-5(10-6)2-3-8/h4H,2-3,8H2,1H3,(H,9,10). The average Bonchev–Trinajstić information content (AvgIpc) is 2.52. The third-order valence-corrected chi connectivity index (χ3v) is 1.42.